The van der Waals surface area contributed by atoms with Crippen molar-refractivity contribution in [2.24, 2.45) is 5.92 Å². The number of hydrogen-bond donors (Lipinski definition) is 1. The zero-order valence-corrected chi connectivity index (χ0v) is 13.1. The summed E-state index contributed by atoms with van der Waals surface area (Å²) >= 11 is 0. The van der Waals surface area contributed by atoms with E-state index in [2.05, 4.69) is 4.98 Å². The van der Waals surface area contributed by atoms with Gasteiger partial charge in [0.15, 0.2) is 0 Å². The van der Waals surface area contributed by atoms with Gasteiger partial charge in [0, 0.05) is 25.3 Å². The largest absolute Gasteiger partial charge is 0.396 e. The third-order valence-corrected chi connectivity index (χ3v) is 5.65. The Hall–Kier alpha value is -2.43. The summed E-state index contributed by atoms with van der Waals surface area (Å²) in [5, 5.41) is 18.2. The van der Waals surface area contributed by atoms with Crippen LogP contribution in [0.15, 0.2) is 47.5 Å². The van der Waals surface area contributed by atoms with Crippen molar-refractivity contribution < 1.29 is 13.5 Å². The Kier molecular flexibility index (Phi) is 4.03. The van der Waals surface area contributed by atoms with Crippen LogP contribution in [0.25, 0.3) is 0 Å². The molecule has 1 unspecified atom stereocenters. The molecule has 0 aliphatic carbocycles. The first-order valence-electron chi connectivity index (χ1n) is 7.14. The van der Waals surface area contributed by atoms with E-state index < -0.39 is 10.0 Å². The molecule has 1 aromatic carbocycles. The Labute approximate surface area is 134 Å². The third-order valence-electron chi connectivity index (χ3n) is 3.89. The van der Waals surface area contributed by atoms with E-state index in [9.17, 15) is 13.5 Å². The van der Waals surface area contributed by atoms with Gasteiger partial charge in [-0.05, 0) is 30.2 Å². The normalized spacial score (nSPS) is 17.4. The molecule has 1 aliphatic heterocycles. The predicted octanol–water partition coefficient (Wildman–Crippen LogP) is 1.31. The molecule has 0 spiro atoms. The van der Waals surface area contributed by atoms with Crippen LogP contribution < -0.4 is 4.31 Å². The topological polar surface area (TPSA) is 94.3 Å². The van der Waals surface area contributed by atoms with Crippen LogP contribution in [0.3, 0.4) is 0 Å². The van der Waals surface area contributed by atoms with Crippen molar-refractivity contribution in [3.63, 3.8) is 0 Å². The zero-order valence-electron chi connectivity index (χ0n) is 12.3. The summed E-state index contributed by atoms with van der Waals surface area (Å²) < 4.78 is 27.2. The molecule has 6 nitrogen and oxygen atoms in total. The van der Waals surface area contributed by atoms with Gasteiger partial charge in [0.05, 0.1) is 5.69 Å². The molecule has 0 amide bonds. The summed E-state index contributed by atoms with van der Waals surface area (Å²) in [6.07, 6.45) is 1.84. The van der Waals surface area contributed by atoms with Crippen LogP contribution in [-0.4, -0.2) is 31.7 Å². The number of anilines is 1. The first-order valence-corrected chi connectivity index (χ1v) is 8.58. The summed E-state index contributed by atoms with van der Waals surface area (Å²) in [6, 6.07) is 11.9. The first-order chi connectivity index (χ1) is 11.1. The maximum absolute atomic E-state index is 12.9. The van der Waals surface area contributed by atoms with Crippen LogP contribution in [0.4, 0.5) is 5.69 Å². The van der Waals surface area contributed by atoms with E-state index >= 15 is 0 Å². The second kappa shape index (κ2) is 5.99. The SMILES string of the molecule is N#Cc1ccc(S(=O)(=O)N2CC(CO)Cc3ccccc32)cn1. The maximum atomic E-state index is 12.9. The van der Waals surface area contributed by atoms with Gasteiger partial charge in [-0.1, -0.05) is 18.2 Å². The number of aliphatic hydroxyl groups excluding tert-OH is 1. The van der Waals surface area contributed by atoms with Crippen LogP contribution in [0.2, 0.25) is 0 Å². The predicted molar refractivity (Wildman–Crippen MR) is 84.2 cm³/mol. The van der Waals surface area contributed by atoms with Crippen LogP contribution in [0, 0.1) is 17.2 Å². The highest BCUT2D eigenvalue weighted by Gasteiger charge is 2.33. The minimum Gasteiger partial charge on any atom is -0.396 e. The van der Waals surface area contributed by atoms with Gasteiger partial charge in [-0.3, -0.25) is 4.31 Å². The van der Waals surface area contributed by atoms with Crippen LogP contribution >= 0.6 is 0 Å². The lowest BCUT2D eigenvalue weighted by Gasteiger charge is -2.34. The van der Waals surface area contributed by atoms with Gasteiger partial charge >= 0.3 is 0 Å². The van der Waals surface area contributed by atoms with Crippen molar-refractivity contribution in [3.8, 4) is 6.07 Å². The van der Waals surface area contributed by atoms with Gasteiger partial charge in [-0.25, -0.2) is 13.4 Å². The number of para-hydroxylation sites is 1. The molecule has 1 aromatic heterocycles. The van der Waals surface area contributed by atoms with Gasteiger partial charge in [-0.2, -0.15) is 5.26 Å². The Balaban J connectivity index is 2.06. The summed E-state index contributed by atoms with van der Waals surface area (Å²) in [5.74, 6) is -0.147. The first kappa shape index (κ1) is 15.5. The van der Waals surface area contributed by atoms with Crippen molar-refractivity contribution in [1.82, 2.24) is 4.98 Å². The van der Waals surface area contributed by atoms with Crippen molar-refractivity contribution in [3.05, 3.63) is 53.9 Å². The van der Waals surface area contributed by atoms with E-state index in [4.69, 9.17) is 5.26 Å². The standard InChI is InChI=1S/C16H15N3O3S/c17-8-14-5-6-15(9-18-14)23(21,22)19-10-12(11-20)7-13-3-1-2-4-16(13)19/h1-6,9,12,20H,7,10-11H2. The average Bonchev–Trinajstić information content (AvgIpc) is 2.60. The molecule has 1 N–H and O–H groups in total. The lowest BCUT2D eigenvalue weighted by molar-refractivity contribution is 0.227. The Bertz CT molecular complexity index is 857. The van der Waals surface area contributed by atoms with E-state index in [0.717, 1.165) is 5.56 Å². The Morgan fingerprint density at radius 1 is 1.30 bits per heavy atom. The lowest BCUT2D eigenvalue weighted by Crippen LogP contribution is -2.41. The van der Waals surface area contributed by atoms with E-state index in [-0.39, 0.29) is 29.7 Å². The van der Waals surface area contributed by atoms with Gasteiger partial charge in [0.1, 0.15) is 16.7 Å². The maximum Gasteiger partial charge on any atom is 0.265 e. The number of sulfonamides is 1. The number of aromatic nitrogens is 1. The number of hydrogen-bond acceptors (Lipinski definition) is 5. The van der Waals surface area contributed by atoms with E-state index in [1.165, 1.54) is 22.6 Å². The molecule has 2 heterocycles. The zero-order chi connectivity index (χ0) is 16.4. The highest BCUT2D eigenvalue weighted by molar-refractivity contribution is 7.92. The molecule has 7 heteroatoms. The minimum atomic E-state index is -3.79. The fourth-order valence-electron chi connectivity index (χ4n) is 2.71. The van der Waals surface area contributed by atoms with E-state index in [0.29, 0.717) is 12.1 Å². The molecule has 118 valence electrons. The van der Waals surface area contributed by atoms with Crippen molar-refractivity contribution in [2.75, 3.05) is 17.5 Å². The smallest absolute Gasteiger partial charge is 0.265 e. The van der Waals surface area contributed by atoms with Gasteiger partial charge in [-0.15, -0.1) is 0 Å². The average molecular weight is 329 g/mol. The molecule has 3 rings (SSSR count). The van der Waals surface area contributed by atoms with E-state index in [1.54, 1.807) is 12.1 Å². The van der Waals surface area contributed by atoms with Crippen molar-refractivity contribution in [2.45, 2.75) is 11.3 Å². The lowest BCUT2D eigenvalue weighted by atomic mass is 9.95. The number of pyridine rings is 1. The second-order valence-electron chi connectivity index (χ2n) is 5.41. The fraction of sp³-hybridized carbons (Fsp3) is 0.250. The fourth-order valence-corrected chi connectivity index (χ4v) is 4.24. The van der Waals surface area contributed by atoms with Gasteiger partial charge < -0.3 is 5.11 Å². The second-order valence-corrected chi connectivity index (χ2v) is 7.27. The van der Waals surface area contributed by atoms with Gasteiger partial charge in [0.25, 0.3) is 10.0 Å². The third kappa shape index (κ3) is 2.79. The van der Waals surface area contributed by atoms with E-state index in [1.807, 2.05) is 18.2 Å². The highest BCUT2D eigenvalue weighted by atomic mass is 32.2. The van der Waals surface area contributed by atoms with Gasteiger partial charge in [0.2, 0.25) is 0 Å². The molecule has 0 saturated carbocycles. The van der Waals surface area contributed by atoms with Crippen molar-refractivity contribution >= 4 is 15.7 Å². The molecule has 1 aliphatic rings. The summed E-state index contributed by atoms with van der Waals surface area (Å²) in [5.41, 5.74) is 1.68. The van der Waals surface area contributed by atoms with Crippen molar-refractivity contribution in [1.29, 1.82) is 5.26 Å². The summed E-state index contributed by atoms with van der Waals surface area (Å²) in [7, 11) is -3.79. The molecular weight excluding hydrogens is 314 g/mol. The molecule has 0 saturated heterocycles. The number of rotatable bonds is 3. The Morgan fingerprint density at radius 2 is 2.09 bits per heavy atom. The summed E-state index contributed by atoms with van der Waals surface area (Å²) in [4.78, 5) is 3.87. The number of aliphatic hydroxyl groups is 1. The number of nitriles is 1. The van der Waals surface area contributed by atoms with Crippen LogP contribution in [-0.2, 0) is 16.4 Å². The van der Waals surface area contributed by atoms with Crippen LogP contribution in [0.5, 0.6) is 0 Å². The monoisotopic (exact) mass is 329 g/mol. The molecule has 23 heavy (non-hydrogen) atoms. The Morgan fingerprint density at radius 3 is 2.74 bits per heavy atom. The molecule has 0 fully saturated rings. The quantitative estimate of drug-likeness (QED) is 0.916. The summed E-state index contributed by atoms with van der Waals surface area (Å²) in [6.45, 7) is 0.141. The molecule has 1 atom stereocenters. The molecule has 2 aromatic rings. The molecule has 0 radical (unpaired) electrons. The molecular formula is C16H15N3O3S. The highest BCUT2D eigenvalue weighted by Crippen LogP contribution is 2.33. The number of benzene rings is 1. The van der Waals surface area contributed by atoms with Crippen LogP contribution in [0.1, 0.15) is 11.3 Å². The number of nitrogens with zero attached hydrogens (tertiary/aromatic N) is 3. The number of fused-ring (bicyclic) bond motifs is 1. The minimum absolute atomic E-state index is 0.0323. The molecule has 0 bridgehead atoms.